The van der Waals surface area contributed by atoms with Crippen molar-refractivity contribution in [2.45, 2.75) is 26.8 Å². The standard InChI is InChI=1S/C15H18N2O5S/c1-4-21-13(18)11-9(3)16-15(20)17-10(11)7-22-14(19)12-8(2)5-6-23-12/h5-6,9H,4,7H2,1-3H3,(H2,16,17,20)/t9-/m0/s1. The molecular weight excluding hydrogens is 320 g/mol. The molecule has 2 heterocycles. The summed E-state index contributed by atoms with van der Waals surface area (Å²) < 4.78 is 10.2. The first-order chi connectivity index (χ1) is 10.9. The second kappa shape index (κ2) is 7.28. The number of hydrogen-bond acceptors (Lipinski definition) is 6. The maximum atomic E-state index is 12.1. The van der Waals surface area contributed by atoms with Crippen molar-refractivity contribution in [3.63, 3.8) is 0 Å². The molecule has 1 atom stereocenters. The lowest BCUT2D eigenvalue weighted by Gasteiger charge is -2.26. The second-order valence-corrected chi connectivity index (χ2v) is 5.86. The van der Waals surface area contributed by atoms with Gasteiger partial charge in [-0.3, -0.25) is 0 Å². The number of aryl methyl sites for hydroxylation is 1. The van der Waals surface area contributed by atoms with Crippen molar-refractivity contribution < 1.29 is 23.9 Å². The minimum absolute atomic E-state index is 0.206. The summed E-state index contributed by atoms with van der Waals surface area (Å²) in [4.78, 5) is 36.2. The van der Waals surface area contributed by atoms with E-state index in [1.54, 1.807) is 19.2 Å². The fraction of sp³-hybridized carbons (Fsp3) is 0.400. The van der Waals surface area contributed by atoms with Gasteiger partial charge in [0.2, 0.25) is 0 Å². The topological polar surface area (TPSA) is 93.7 Å². The van der Waals surface area contributed by atoms with Crippen LogP contribution in [0.2, 0.25) is 0 Å². The number of urea groups is 1. The zero-order chi connectivity index (χ0) is 17.0. The Kier molecular flexibility index (Phi) is 5.38. The normalized spacial score (nSPS) is 17.3. The van der Waals surface area contributed by atoms with Gasteiger partial charge in [0.25, 0.3) is 0 Å². The predicted octanol–water partition coefficient (Wildman–Crippen LogP) is 1.73. The summed E-state index contributed by atoms with van der Waals surface area (Å²) in [6, 6.07) is 0.836. The largest absolute Gasteiger partial charge is 0.463 e. The molecular formula is C15H18N2O5S. The van der Waals surface area contributed by atoms with Crippen LogP contribution in [0.15, 0.2) is 22.7 Å². The van der Waals surface area contributed by atoms with Crippen LogP contribution < -0.4 is 10.6 Å². The van der Waals surface area contributed by atoms with Crippen molar-refractivity contribution in [3.05, 3.63) is 33.2 Å². The Hall–Kier alpha value is -2.35. The van der Waals surface area contributed by atoms with Gasteiger partial charge in [-0.05, 0) is 37.8 Å². The van der Waals surface area contributed by atoms with E-state index in [0.29, 0.717) is 4.88 Å². The van der Waals surface area contributed by atoms with Gasteiger partial charge in [-0.25, -0.2) is 14.4 Å². The van der Waals surface area contributed by atoms with Crippen LogP contribution in [0.25, 0.3) is 0 Å². The van der Waals surface area contributed by atoms with Gasteiger partial charge >= 0.3 is 18.0 Å². The van der Waals surface area contributed by atoms with Crippen LogP contribution in [-0.4, -0.2) is 37.2 Å². The molecule has 1 aliphatic rings. The van der Waals surface area contributed by atoms with E-state index in [4.69, 9.17) is 9.47 Å². The van der Waals surface area contributed by atoms with Crippen molar-refractivity contribution in [1.29, 1.82) is 0 Å². The van der Waals surface area contributed by atoms with E-state index >= 15 is 0 Å². The van der Waals surface area contributed by atoms with E-state index in [9.17, 15) is 14.4 Å². The van der Waals surface area contributed by atoms with Crippen LogP contribution in [0.1, 0.15) is 29.1 Å². The zero-order valence-electron chi connectivity index (χ0n) is 13.1. The van der Waals surface area contributed by atoms with Crippen LogP contribution in [-0.2, 0) is 14.3 Å². The highest BCUT2D eigenvalue weighted by atomic mass is 32.1. The summed E-state index contributed by atoms with van der Waals surface area (Å²) in [6.45, 7) is 5.17. The number of nitrogens with one attached hydrogen (secondary N) is 2. The van der Waals surface area contributed by atoms with Gasteiger partial charge in [0.15, 0.2) is 0 Å². The minimum Gasteiger partial charge on any atom is -0.463 e. The maximum absolute atomic E-state index is 12.1. The summed E-state index contributed by atoms with van der Waals surface area (Å²) in [5, 5.41) is 6.88. The third-order valence-corrected chi connectivity index (χ3v) is 4.26. The Morgan fingerprint density at radius 2 is 2.04 bits per heavy atom. The number of hydrogen-bond donors (Lipinski definition) is 2. The molecule has 0 saturated carbocycles. The van der Waals surface area contributed by atoms with Gasteiger partial charge in [-0.2, -0.15) is 0 Å². The Morgan fingerprint density at radius 1 is 1.30 bits per heavy atom. The minimum atomic E-state index is -0.550. The lowest BCUT2D eigenvalue weighted by atomic mass is 10.0. The molecule has 2 N–H and O–H groups in total. The number of thiophene rings is 1. The maximum Gasteiger partial charge on any atom is 0.348 e. The van der Waals surface area contributed by atoms with E-state index in [0.717, 1.165) is 5.56 Å². The quantitative estimate of drug-likeness (QED) is 0.798. The molecule has 0 radical (unpaired) electrons. The fourth-order valence-electron chi connectivity index (χ4n) is 2.18. The van der Waals surface area contributed by atoms with Crippen LogP contribution in [0.3, 0.4) is 0 Å². The number of carbonyl (C=O) groups is 3. The highest BCUT2D eigenvalue weighted by molar-refractivity contribution is 7.12. The highest BCUT2D eigenvalue weighted by Gasteiger charge is 2.30. The lowest BCUT2D eigenvalue weighted by Crippen LogP contribution is -2.50. The summed E-state index contributed by atoms with van der Waals surface area (Å²) in [6.07, 6.45) is 0. The SMILES string of the molecule is CCOC(=O)C1=C(COC(=O)c2sccc2C)NC(=O)N[C@H]1C. The molecule has 1 aliphatic heterocycles. The number of rotatable bonds is 5. The van der Waals surface area contributed by atoms with E-state index in [2.05, 4.69) is 10.6 Å². The molecule has 0 fully saturated rings. The summed E-state index contributed by atoms with van der Waals surface area (Å²) in [5.74, 6) is -1.04. The molecule has 1 aromatic heterocycles. The van der Waals surface area contributed by atoms with Crippen molar-refractivity contribution in [2.24, 2.45) is 0 Å². The Morgan fingerprint density at radius 3 is 2.65 bits per heavy atom. The number of esters is 2. The first-order valence-electron chi connectivity index (χ1n) is 7.13. The average molecular weight is 338 g/mol. The smallest absolute Gasteiger partial charge is 0.348 e. The Bertz CT molecular complexity index is 665. The molecule has 0 unspecified atom stereocenters. The number of ether oxygens (including phenoxy) is 2. The monoisotopic (exact) mass is 338 g/mol. The molecule has 0 spiro atoms. The van der Waals surface area contributed by atoms with Gasteiger partial charge in [-0.15, -0.1) is 11.3 Å². The van der Waals surface area contributed by atoms with Gasteiger partial charge < -0.3 is 20.1 Å². The first-order valence-corrected chi connectivity index (χ1v) is 8.00. The van der Waals surface area contributed by atoms with Gasteiger partial charge in [0.1, 0.15) is 11.5 Å². The van der Waals surface area contributed by atoms with E-state index in [1.165, 1.54) is 11.3 Å². The molecule has 0 aliphatic carbocycles. The van der Waals surface area contributed by atoms with Crippen LogP contribution in [0, 0.1) is 6.92 Å². The summed E-state index contributed by atoms with van der Waals surface area (Å²) in [5.41, 5.74) is 1.31. The van der Waals surface area contributed by atoms with Crippen LogP contribution in [0.4, 0.5) is 4.79 Å². The van der Waals surface area contributed by atoms with E-state index < -0.39 is 24.0 Å². The molecule has 124 valence electrons. The fourth-order valence-corrected chi connectivity index (χ4v) is 3.00. The number of amides is 2. The summed E-state index contributed by atoms with van der Waals surface area (Å²) in [7, 11) is 0. The lowest BCUT2D eigenvalue weighted by molar-refractivity contribution is -0.139. The van der Waals surface area contributed by atoms with Crippen molar-refractivity contribution in [1.82, 2.24) is 10.6 Å². The van der Waals surface area contributed by atoms with Crippen molar-refractivity contribution in [2.75, 3.05) is 13.2 Å². The second-order valence-electron chi connectivity index (χ2n) is 4.94. The van der Waals surface area contributed by atoms with Crippen LogP contribution in [0.5, 0.6) is 0 Å². The van der Waals surface area contributed by atoms with Gasteiger partial charge in [0, 0.05) is 0 Å². The van der Waals surface area contributed by atoms with Crippen LogP contribution >= 0.6 is 11.3 Å². The molecule has 7 nitrogen and oxygen atoms in total. The van der Waals surface area contributed by atoms with Crippen molar-refractivity contribution >= 4 is 29.3 Å². The summed E-state index contributed by atoms with van der Waals surface area (Å²) >= 11 is 1.28. The molecule has 2 rings (SSSR count). The average Bonchev–Trinajstić information content (AvgIpc) is 2.90. The van der Waals surface area contributed by atoms with E-state index in [-0.39, 0.29) is 24.5 Å². The predicted molar refractivity (Wildman–Crippen MR) is 84.1 cm³/mol. The Labute approximate surface area is 137 Å². The molecule has 2 amide bonds. The molecule has 8 heteroatoms. The molecule has 23 heavy (non-hydrogen) atoms. The van der Waals surface area contributed by atoms with E-state index in [1.807, 2.05) is 13.0 Å². The van der Waals surface area contributed by atoms with Gasteiger partial charge in [0.05, 0.1) is 23.9 Å². The highest BCUT2D eigenvalue weighted by Crippen LogP contribution is 2.19. The Balaban J connectivity index is 2.17. The molecule has 1 aromatic rings. The zero-order valence-corrected chi connectivity index (χ0v) is 13.9. The molecule has 0 bridgehead atoms. The number of carbonyl (C=O) groups excluding carboxylic acids is 3. The third kappa shape index (κ3) is 3.89. The van der Waals surface area contributed by atoms with Gasteiger partial charge in [-0.1, -0.05) is 0 Å². The first kappa shape index (κ1) is 17.0. The van der Waals surface area contributed by atoms with Crippen molar-refractivity contribution in [3.8, 4) is 0 Å². The third-order valence-electron chi connectivity index (χ3n) is 3.26. The molecule has 0 aromatic carbocycles. The molecule has 0 saturated heterocycles.